The number of carbonyl (C=O) groups excluding carboxylic acids is 2. The monoisotopic (exact) mass is 242 g/mol. The fraction of sp³-hybridized carbons (Fsp3) is 0.727. The highest BCUT2D eigenvalue weighted by Crippen LogP contribution is 2.34. The van der Waals surface area contributed by atoms with Crippen molar-refractivity contribution in [2.45, 2.75) is 32.7 Å². The number of hydrogen-bond acceptors (Lipinski definition) is 3. The fourth-order valence-electron chi connectivity index (χ4n) is 1.78. The summed E-state index contributed by atoms with van der Waals surface area (Å²) in [5, 5.41) is 13.9. The number of hydrogen-bond donors (Lipinski definition) is 3. The Morgan fingerprint density at radius 2 is 1.82 bits per heavy atom. The van der Waals surface area contributed by atoms with Gasteiger partial charge in [-0.2, -0.15) is 0 Å². The van der Waals surface area contributed by atoms with Crippen molar-refractivity contribution in [3.05, 3.63) is 0 Å². The molecule has 1 saturated carbocycles. The summed E-state index contributed by atoms with van der Waals surface area (Å²) in [6, 6.07) is 0.0230. The highest BCUT2D eigenvalue weighted by atomic mass is 16.4. The van der Waals surface area contributed by atoms with Gasteiger partial charge >= 0.3 is 5.97 Å². The summed E-state index contributed by atoms with van der Waals surface area (Å²) >= 11 is 0. The lowest BCUT2D eigenvalue weighted by Crippen LogP contribution is -2.47. The van der Waals surface area contributed by atoms with Gasteiger partial charge in [-0.3, -0.25) is 14.4 Å². The summed E-state index contributed by atoms with van der Waals surface area (Å²) in [7, 11) is 0. The Labute approximate surface area is 99.8 Å². The zero-order valence-corrected chi connectivity index (χ0v) is 10.0. The lowest BCUT2D eigenvalue weighted by Gasteiger charge is -2.31. The van der Waals surface area contributed by atoms with E-state index in [1.54, 1.807) is 0 Å². The summed E-state index contributed by atoms with van der Waals surface area (Å²) in [6.07, 6.45) is 1.11. The van der Waals surface area contributed by atoms with Gasteiger partial charge in [0.2, 0.25) is 11.8 Å². The highest BCUT2D eigenvalue weighted by Gasteiger charge is 2.41. The quantitative estimate of drug-likeness (QED) is 0.619. The third kappa shape index (κ3) is 3.72. The van der Waals surface area contributed by atoms with Crippen LogP contribution in [-0.2, 0) is 14.4 Å². The Hall–Kier alpha value is -1.59. The van der Waals surface area contributed by atoms with E-state index in [4.69, 9.17) is 5.11 Å². The molecular formula is C11H18N2O4. The Bertz CT molecular complexity index is 327. The number of carboxylic acids is 1. The summed E-state index contributed by atoms with van der Waals surface area (Å²) in [6.45, 7) is 3.55. The molecule has 0 saturated heterocycles. The molecule has 2 amide bonds. The first kappa shape index (κ1) is 13.5. The first-order valence-electron chi connectivity index (χ1n) is 5.71. The first-order valence-corrected chi connectivity index (χ1v) is 5.71. The summed E-state index contributed by atoms with van der Waals surface area (Å²) in [5.41, 5.74) is 0. The molecule has 0 spiro atoms. The van der Waals surface area contributed by atoms with E-state index in [2.05, 4.69) is 10.6 Å². The second-order valence-electron chi connectivity index (χ2n) is 4.57. The van der Waals surface area contributed by atoms with E-state index in [-0.39, 0.29) is 24.4 Å². The molecule has 2 unspecified atom stereocenters. The summed E-state index contributed by atoms with van der Waals surface area (Å²) in [4.78, 5) is 33.6. The molecule has 2 atom stereocenters. The molecule has 6 nitrogen and oxygen atoms in total. The molecule has 0 heterocycles. The van der Waals surface area contributed by atoms with Gasteiger partial charge in [0.15, 0.2) is 0 Å². The number of amides is 2. The molecule has 1 aliphatic carbocycles. The van der Waals surface area contributed by atoms with E-state index in [9.17, 15) is 14.4 Å². The topological polar surface area (TPSA) is 95.5 Å². The minimum atomic E-state index is -0.942. The van der Waals surface area contributed by atoms with E-state index in [0.29, 0.717) is 12.8 Å². The summed E-state index contributed by atoms with van der Waals surface area (Å²) < 4.78 is 0. The average Bonchev–Trinajstić information content (AvgIpc) is 2.10. The van der Waals surface area contributed by atoms with Crippen LogP contribution >= 0.6 is 0 Å². The molecule has 0 aromatic carbocycles. The van der Waals surface area contributed by atoms with Crippen LogP contribution in [-0.4, -0.2) is 35.5 Å². The largest absolute Gasteiger partial charge is 0.481 e. The number of carboxylic acid groups (broad SMARTS) is 1. The van der Waals surface area contributed by atoms with Crippen LogP contribution in [0.2, 0.25) is 0 Å². The van der Waals surface area contributed by atoms with Crippen molar-refractivity contribution in [2.75, 3.05) is 6.54 Å². The number of carbonyl (C=O) groups is 3. The van der Waals surface area contributed by atoms with Gasteiger partial charge in [0, 0.05) is 6.04 Å². The molecule has 0 bridgehead atoms. The highest BCUT2D eigenvalue weighted by molar-refractivity contribution is 5.89. The SMILES string of the molecule is CC(C)NC(=O)CNC(=O)C1CCC1C(=O)O. The van der Waals surface area contributed by atoms with Gasteiger partial charge < -0.3 is 15.7 Å². The van der Waals surface area contributed by atoms with Crippen LogP contribution in [0, 0.1) is 11.8 Å². The average molecular weight is 242 g/mol. The van der Waals surface area contributed by atoms with Gasteiger partial charge in [0.25, 0.3) is 0 Å². The predicted octanol–water partition coefficient (Wildman–Crippen LogP) is -0.262. The van der Waals surface area contributed by atoms with Gasteiger partial charge in [-0.25, -0.2) is 0 Å². The minimum absolute atomic E-state index is 0.0230. The Balaban J connectivity index is 2.30. The second kappa shape index (κ2) is 5.65. The molecular weight excluding hydrogens is 224 g/mol. The maximum Gasteiger partial charge on any atom is 0.307 e. The normalized spacial score (nSPS) is 22.8. The molecule has 0 aromatic rings. The maximum atomic E-state index is 11.6. The van der Waals surface area contributed by atoms with Crippen LogP contribution < -0.4 is 10.6 Å². The van der Waals surface area contributed by atoms with Gasteiger partial charge in [-0.1, -0.05) is 0 Å². The third-order valence-electron chi connectivity index (χ3n) is 2.80. The van der Waals surface area contributed by atoms with E-state index in [1.807, 2.05) is 13.8 Å². The van der Waals surface area contributed by atoms with Crippen molar-refractivity contribution in [2.24, 2.45) is 11.8 Å². The van der Waals surface area contributed by atoms with Gasteiger partial charge in [0.05, 0.1) is 18.4 Å². The number of nitrogens with one attached hydrogen (secondary N) is 2. The van der Waals surface area contributed by atoms with Crippen molar-refractivity contribution in [1.82, 2.24) is 10.6 Å². The van der Waals surface area contributed by atoms with Crippen molar-refractivity contribution >= 4 is 17.8 Å². The molecule has 0 aromatic heterocycles. The Morgan fingerprint density at radius 3 is 2.24 bits per heavy atom. The molecule has 1 fully saturated rings. The first-order chi connectivity index (χ1) is 7.91. The van der Waals surface area contributed by atoms with Crippen LogP contribution in [0.3, 0.4) is 0 Å². The fourth-order valence-corrected chi connectivity index (χ4v) is 1.78. The Morgan fingerprint density at radius 1 is 1.24 bits per heavy atom. The zero-order valence-electron chi connectivity index (χ0n) is 10.0. The zero-order chi connectivity index (χ0) is 13.0. The molecule has 1 rings (SSSR count). The van der Waals surface area contributed by atoms with E-state index in [1.165, 1.54) is 0 Å². The van der Waals surface area contributed by atoms with Gasteiger partial charge in [0.1, 0.15) is 0 Å². The Kier molecular flexibility index (Phi) is 4.48. The van der Waals surface area contributed by atoms with Crippen LogP contribution in [0.15, 0.2) is 0 Å². The van der Waals surface area contributed by atoms with Crippen LogP contribution in [0.25, 0.3) is 0 Å². The van der Waals surface area contributed by atoms with Crippen molar-refractivity contribution in [1.29, 1.82) is 0 Å². The molecule has 0 radical (unpaired) electrons. The van der Waals surface area contributed by atoms with E-state index >= 15 is 0 Å². The summed E-state index contributed by atoms with van der Waals surface area (Å²) in [5.74, 6) is -2.63. The third-order valence-corrected chi connectivity index (χ3v) is 2.80. The molecule has 96 valence electrons. The van der Waals surface area contributed by atoms with Crippen molar-refractivity contribution in [3.63, 3.8) is 0 Å². The van der Waals surface area contributed by atoms with E-state index in [0.717, 1.165) is 0 Å². The lowest BCUT2D eigenvalue weighted by atomic mass is 9.73. The maximum absolute atomic E-state index is 11.6. The molecule has 6 heteroatoms. The molecule has 0 aliphatic heterocycles. The lowest BCUT2D eigenvalue weighted by molar-refractivity contribution is -0.152. The molecule has 17 heavy (non-hydrogen) atoms. The van der Waals surface area contributed by atoms with Gasteiger partial charge in [-0.05, 0) is 26.7 Å². The minimum Gasteiger partial charge on any atom is -0.481 e. The second-order valence-corrected chi connectivity index (χ2v) is 4.57. The van der Waals surface area contributed by atoms with Gasteiger partial charge in [-0.15, -0.1) is 0 Å². The standard InChI is InChI=1S/C11H18N2O4/c1-6(2)13-9(14)5-12-10(15)7-3-4-8(7)11(16)17/h6-8H,3-5H2,1-2H3,(H,12,15)(H,13,14)(H,16,17). The van der Waals surface area contributed by atoms with Crippen LogP contribution in [0.4, 0.5) is 0 Å². The van der Waals surface area contributed by atoms with Crippen LogP contribution in [0.1, 0.15) is 26.7 Å². The molecule has 3 N–H and O–H groups in total. The smallest absolute Gasteiger partial charge is 0.307 e. The number of rotatable bonds is 5. The molecule has 1 aliphatic rings. The van der Waals surface area contributed by atoms with E-state index < -0.39 is 17.8 Å². The number of aliphatic carboxylic acids is 1. The van der Waals surface area contributed by atoms with Crippen molar-refractivity contribution < 1.29 is 19.5 Å². The van der Waals surface area contributed by atoms with Crippen LogP contribution in [0.5, 0.6) is 0 Å². The van der Waals surface area contributed by atoms with Crippen molar-refractivity contribution in [3.8, 4) is 0 Å². The predicted molar refractivity (Wildman–Crippen MR) is 60.1 cm³/mol.